The highest BCUT2D eigenvalue weighted by molar-refractivity contribution is 14.1. The summed E-state index contributed by atoms with van der Waals surface area (Å²) >= 11 is 66.0. The van der Waals surface area contributed by atoms with Gasteiger partial charge in [-0.1, -0.05) is 223 Å². The first-order valence-corrected chi connectivity index (χ1v) is 47.7. The van der Waals surface area contributed by atoms with Crippen LogP contribution < -0.4 is 27.3 Å². The summed E-state index contributed by atoms with van der Waals surface area (Å²) in [6, 6.07) is 53.0. The minimum Gasteiger partial charge on any atom is -0.423 e. The van der Waals surface area contributed by atoms with Crippen LogP contribution in [0, 0.1) is 47.6 Å². The van der Waals surface area contributed by atoms with E-state index in [1.165, 1.54) is 87.0 Å². The van der Waals surface area contributed by atoms with Crippen LogP contribution in [-0.2, 0) is 0 Å². The van der Waals surface area contributed by atoms with Gasteiger partial charge in [0.25, 0.3) is 22.7 Å². The molecular weight excluding hydrogens is 2280 g/mol. The highest BCUT2D eigenvalue weighted by Gasteiger charge is 2.39. The summed E-state index contributed by atoms with van der Waals surface area (Å²) in [7, 11) is 38.4. The Morgan fingerprint density at radius 1 is 0.432 bits per heavy atom. The van der Waals surface area contributed by atoms with Crippen molar-refractivity contribution in [3.05, 3.63) is 282 Å². The Morgan fingerprint density at radius 3 is 1.08 bits per heavy atom. The van der Waals surface area contributed by atoms with Gasteiger partial charge in [-0.25, -0.2) is 7.06 Å². The molecule has 16 nitrogen and oxygen atoms in total. The van der Waals surface area contributed by atoms with E-state index in [1.54, 1.807) is 30.3 Å². The second kappa shape index (κ2) is 57.2. The highest BCUT2D eigenvalue weighted by atomic mass is 127. The van der Waals surface area contributed by atoms with E-state index in [9.17, 15) is 40.5 Å². The van der Waals surface area contributed by atoms with Crippen molar-refractivity contribution >= 4 is 439 Å². The molecule has 0 aromatic heterocycles. The monoisotopic (exact) mass is 2340 g/mol. The number of hydrogen-bond donors (Lipinski definition) is 4. The van der Waals surface area contributed by atoms with Crippen LogP contribution in [0.4, 0.5) is 34.1 Å². The number of halogens is 15. The number of nitrogen functional groups attached to an aromatic ring is 2. The van der Waals surface area contributed by atoms with Crippen LogP contribution in [0.5, 0.6) is 0 Å². The van der Waals surface area contributed by atoms with Crippen molar-refractivity contribution in [2.45, 2.75) is 26.2 Å². The summed E-state index contributed by atoms with van der Waals surface area (Å²) in [5, 5.41) is 65.8. The summed E-state index contributed by atoms with van der Waals surface area (Å²) in [6.45, 7) is 6.83. The predicted octanol–water partition coefficient (Wildman–Crippen LogP) is 11.2. The summed E-state index contributed by atoms with van der Waals surface area (Å²) in [5.74, 6) is 0. The van der Waals surface area contributed by atoms with Gasteiger partial charge in [-0.15, -0.1) is 37.6 Å². The van der Waals surface area contributed by atoms with Crippen LogP contribution in [0.25, 0.3) is 44.5 Å². The third-order valence-electron chi connectivity index (χ3n) is 13.6. The molecule has 6 N–H and O–H groups in total. The van der Waals surface area contributed by atoms with Gasteiger partial charge in [-0.05, 0) is 237 Å². The van der Waals surface area contributed by atoms with Gasteiger partial charge in [0.2, 0.25) is 6.69 Å². The number of benzene rings is 10. The number of anilines is 2. The fraction of sp³-hybridized carbons (Fsp3) is 0.0625. The van der Waals surface area contributed by atoms with Crippen LogP contribution in [0.15, 0.2) is 209 Å². The summed E-state index contributed by atoms with van der Waals surface area (Å²) in [4.78, 5) is 40.6. The largest absolute Gasteiger partial charge is 0.497 e. The number of nitrogens with zero attached hydrogens (tertiary/aromatic N) is 4. The normalized spacial score (nSPS) is 10.4. The topological polar surface area (TPSA) is 265 Å². The Bertz CT molecular complexity index is 4580. The number of fused-ring (bicyclic) bond motifs is 3. The third kappa shape index (κ3) is 38.4. The number of nitro groups is 4. The first kappa shape index (κ1) is 113. The van der Waals surface area contributed by atoms with E-state index >= 15 is 0 Å². The van der Waals surface area contributed by atoms with Crippen LogP contribution in [-0.4, -0.2) is 198 Å². The van der Waals surface area contributed by atoms with Crippen molar-refractivity contribution in [2.24, 2.45) is 0 Å². The van der Waals surface area contributed by atoms with E-state index in [2.05, 4.69) is 210 Å². The van der Waals surface area contributed by atoms with E-state index in [-0.39, 0.29) is 50.1 Å². The lowest BCUT2D eigenvalue weighted by Crippen LogP contribution is -2.49. The average molecular weight is 2340 g/mol. The van der Waals surface area contributed by atoms with E-state index in [1.807, 2.05) is 74.8 Å². The van der Waals surface area contributed by atoms with Crippen LogP contribution >= 0.6 is 221 Å². The zero-order valence-corrected chi connectivity index (χ0v) is 79.9. The van der Waals surface area contributed by atoms with E-state index in [0.717, 1.165) is 70.8 Å². The molecule has 16 radical (unpaired) electrons. The van der Waals surface area contributed by atoms with Crippen LogP contribution in [0.1, 0.15) is 0 Å². The maximum absolute atomic E-state index is 11.1. The fourth-order valence-electron chi connectivity index (χ4n) is 9.22. The predicted molar refractivity (Wildman–Crippen MR) is 588 cm³/mol. The molecule has 0 fully saturated rings. The van der Waals surface area contributed by atoms with Gasteiger partial charge < -0.3 is 21.5 Å². The van der Waals surface area contributed by atoms with Crippen molar-refractivity contribution in [2.75, 3.05) is 11.5 Å². The molecule has 0 atom stereocenters. The average Bonchev–Trinajstić information content (AvgIpc) is 1.57. The Kier molecular flexibility index (Phi) is 55.1. The zero-order valence-electron chi connectivity index (χ0n) is 58.8. The zero-order chi connectivity index (χ0) is 90.6. The van der Waals surface area contributed by atoms with Gasteiger partial charge in [-0.2, -0.15) is 20.5 Å². The van der Waals surface area contributed by atoms with E-state index in [4.69, 9.17) is 148 Å². The van der Waals surface area contributed by atoms with Crippen molar-refractivity contribution in [3.63, 3.8) is 0 Å². The Morgan fingerprint density at radius 2 is 0.720 bits per heavy atom. The summed E-state index contributed by atoms with van der Waals surface area (Å²) in [6.07, 6.45) is 1.40. The Hall–Kier alpha value is -2.51. The van der Waals surface area contributed by atoms with Gasteiger partial charge >= 0.3 is 7.12 Å². The van der Waals surface area contributed by atoms with Crippen LogP contribution in [0.3, 0.4) is 0 Å². The van der Waals surface area contributed by atoms with Crippen molar-refractivity contribution in [3.8, 4) is 44.5 Å². The van der Waals surface area contributed by atoms with Gasteiger partial charge in [0, 0.05) is 145 Å². The quantitative estimate of drug-likeness (QED) is 0.0222. The SMILES string of the molecule is C[Si](C)(Cl)Cl.C[Si]1(C)c2cccc(Cl)c2-c2c(Br)cccc21.Clc1cccc(I)c1-c1c(Br)cccc1I.Nc1cccc(Cl)c1-c1c(N)cccc1Br.O=[N+]([O-])c1cccc(Br)c1Br.O=[N+]([O-])c1cccc(Cl)c1-c1c(Br)cccc1[N+](=O)[O-].O=[N+]([O-])c1cccc(Cl)c1B(O)O.[BH3-][B]B([BH3-])[BH3-].[B]B([BH3-])[B][BH3-].[B]B([B])[B][BH3-].[B][B]B([B])[B]. The van der Waals surface area contributed by atoms with Crippen molar-refractivity contribution in [1.29, 1.82) is 0 Å². The molecule has 0 spiro atoms. The molecule has 0 saturated heterocycles. The molecular formula is C64H66B21Br6Cl7I2N6O10Si2-6. The molecule has 594 valence electrons. The molecule has 1 heterocycles. The smallest absolute Gasteiger partial charge is 0.423 e. The molecule has 1 aliphatic heterocycles. The molecule has 0 saturated carbocycles. The highest BCUT2D eigenvalue weighted by Crippen LogP contribution is 2.46. The summed E-state index contributed by atoms with van der Waals surface area (Å²) in [5.41, 5.74) is 18.5. The Balaban J connectivity index is 0.000000672. The lowest BCUT2D eigenvalue weighted by molar-refractivity contribution is -0.386. The molecule has 54 heteroatoms. The molecule has 1 aliphatic rings. The third-order valence-corrected chi connectivity index (χ3v) is 25.2. The van der Waals surface area contributed by atoms with Crippen molar-refractivity contribution < 1.29 is 29.7 Å². The van der Waals surface area contributed by atoms with Crippen LogP contribution in [0.2, 0.25) is 51.3 Å². The maximum Gasteiger partial charge on any atom is 0.497 e. The number of nitrogens with two attached hydrogens (primary N) is 2. The molecule has 10 aromatic rings. The van der Waals surface area contributed by atoms with Gasteiger partial charge in [-0.3, -0.25) is 46.8 Å². The number of rotatable bonds is 12. The summed E-state index contributed by atoms with van der Waals surface area (Å²) < 4.78 is 6.99. The minimum absolute atomic E-state index is 0.0262. The van der Waals surface area contributed by atoms with Gasteiger partial charge in [0.05, 0.1) is 46.3 Å². The van der Waals surface area contributed by atoms with Gasteiger partial charge in [0.15, 0.2) is 0 Å². The standard InChI is InChI=1S/C14H12BrClSi.C12H6BrClI2.C12H6BrClN2O4.C12H10BrClN2.C6H5BClNO4.C6H3Br2NO2.C2H6Cl2Si.B5H9.B5H6.B5H3.B5/c1-17(2)11-7-3-5-9(15)13(11)14-10(16)6-4-8-12(14)17;13-7-3-1-5-9(15)11(7)12-8(14)4-2-6-10(12)16;13-7-3-1-5-9(15(17)18)11(7)12-8(14)4-2-6-10(12)16(19)20;13-7-3-1-5-9(15)11(7)12-8(14)4-2-6-10(12)16;8-4-2-1-3-5(9(12)13)6(4)7(10)11;7-4-2-1-3-5(6(4)8)9(10)11;1-5(2,3)4;4*1-4-5(2)3/h3-8H,1-2H3;1-6H;1-6H;1-6H,15-16H2;1-3,10-11H;1-3H;1-2H3;1-3H3;1-2H3;1H3;/q;;;;;;;-3;-2;-1;. The first-order chi connectivity index (χ1) is 54.9. The molecule has 118 heavy (non-hydrogen) atoms. The number of hydrogen-bond acceptors (Lipinski definition) is 12. The lowest BCUT2D eigenvalue weighted by Gasteiger charge is -2.18. The molecule has 0 aliphatic carbocycles. The molecule has 0 amide bonds. The second-order valence-corrected chi connectivity index (χ2v) is 45.0. The molecule has 10 aromatic carbocycles. The van der Waals surface area contributed by atoms with E-state index in [0.29, 0.717) is 67.1 Å². The van der Waals surface area contributed by atoms with Gasteiger partial charge in [0.1, 0.15) is 12.5 Å². The van der Waals surface area contributed by atoms with Crippen molar-refractivity contribution in [1.82, 2.24) is 0 Å². The first-order valence-electron chi connectivity index (χ1n) is 30.8. The number of nitro benzene ring substituents is 4. The lowest BCUT2D eigenvalue weighted by atomic mass is 8.97. The second-order valence-electron chi connectivity index (χ2n) is 22.3. The minimum atomic E-state index is -1.94. The molecule has 0 bridgehead atoms. The maximum atomic E-state index is 11.1. The molecule has 0 unspecified atom stereocenters. The van der Waals surface area contributed by atoms with E-state index < -0.39 is 53.7 Å². The molecule has 11 rings (SSSR count). The Labute approximate surface area is 822 Å². The fourth-order valence-corrected chi connectivity index (χ4v) is 19.0.